The molecule has 0 heterocycles. The molecule has 0 fully saturated rings. The molecule has 0 aliphatic heterocycles. The lowest BCUT2D eigenvalue weighted by Crippen LogP contribution is -2.13. The summed E-state index contributed by atoms with van der Waals surface area (Å²) in [5.74, 6) is 0. The van der Waals surface area contributed by atoms with Gasteiger partial charge in [-0.1, -0.05) is 194 Å². The van der Waals surface area contributed by atoms with E-state index < -0.39 is 0 Å². The van der Waals surface area contributed by atoms with Crippen molar-refractivity contribution in [2.24, 2.45) is 0 Å². The molecule has 0 bridgehead atoms. The molecule has 0 unspecified atom stereocenters. The molecular weight excluding hydrogens is 927 g/mol. The van der Waals surface area contributed by atoms with E-state index in [1.165, 1.54) is 143 Å². The fraction of sp³-hybridized carbons (Fsp3) is 0. The highest BCUT2D eigenvalue weighted by Gasteiger charge is 2.27. The monoisotopic (exact) mass is 973 g/mol. The Morgan fingerprint density at radius 3 is 0.818 bits per heavy atom. The Kier molecular flexibility index (Phi) is 9.71. The molecule has 0 radical (unpaired) electrons. The van der Waals surface area contributed by atoms with Gasteiger partial charge in [-0.05, 0) is 223 Å². The first-order valence-corrected chi connectivity index (χ1v) is 26.7. The van der Waals surface area contributed by atoms with Gasteiger partial charge in [0.25, 0.3) is 0 Å². The topological polar surface area (TPSA) is 3.24 Å². The van der Waals surface area contributed by atoms with Crippen molar-refractivity contribution >= 4 is 60.2 Å². The zero-order chi connectivity index (χ0) is 50.6. The van der Waals surface area contributed by atoms with E-state index >= 15 is 0 Å². The van der Waals surface area contributed by atoms with Gasteiger partial charge < -0.3 is 4.90 Å². The third kappa shape index (κ3) is 7.16. The molecule has 0 amide bonds. The third-order valence-electron chi connectivity index (χ3n) is 16.4. The Hall–Kier alpha value is -10.1. The van der Waals surface area contributed by atoms with Gasteiger partial charge in [0.2, 0.25) is 0 Å². The minimum absolute atomic E-state index is 1.09. The predicted octanol–water partition coefficient (Wildman–Crippen LogP) is 21.4. The van der Waals surface area contributed by atoms with E-state index in [1.807, 2.05) is 0 Å². The van der Waals surface area contributed by atoms with Crippen molar-refractivity contribution in [3.8, 4) is 100 Å². The second kappa shape index (κ2) is 17.2. The highest BCUT2D eigenvalue weighted by atomic mass is 15.1. The molecule has 0 saturated carbocycles. The third-order valence-corrected chi connectivity index (χ3v) is 16.4. The average molecular weight is 974 g/mol. The Labute approximate surface area is 447 Å². The van der Waals surface area contributed by atoms with Gasteiger partial charge in [-0.15, -0.1) is 0 Å². The molecule has 77 heavy (non-hydrogen) atoms. The van der Waals surface area contributed by atoms with Crippen molar-refractivity contribution in [1.82, 2.24) is 0 Å². The van der Waals surface area contributed by atoms with E-state index in [0.717, 1.165) is 17.1 Å². The van der Waals surface area contributed by atoms with Gasteiger partial charge in [0.15, 0.2) is 0 Å². The first-order chi connectivity index (χ1) is 38.1. The zero-order valence-corrected chi connectivity index (χ0v) is 42.1. The molecule has 14 aromatic rings. The predicted molar refractivity (Wildman–Crippen MR) is 327 cm³/mol. The van der Waals surface area contributed by atoms with E-state index in [0.29, 0.717) is 0 Å². The van der Waals surface area contributed by atoms with Crippen LogP contribution in [0.1, 0.15) is 0 Å². The lowest BCUT2D eigenvalue weighted by Gasteiger charge is -2.31. The maximum Gasteiger partial charge on any atom is 0.0618 e. The van der Waals surface area contributed by atoms with Crippen LogP contribution in [-0.4, -0.2) is 0 Å². The van der Waals surface area contributed by atoms with Crippen LogP contribution in [0.15, 0.2) is 285 Å². The maximum atomic E-state index is 2.49. The largest absolute Gasteiger partial charge is 0.309 e. The second-order valence-corrected chi connectivity index (χ2v) is 20.9. The zero-order valence-electron chi connectivity index (χ0n) is 42.1. The number of nitrogens with zero attached hydrogens (tertiary/aromatic N) is 1. The molecular formula is C76H47N. The summed E-state index contributed by atoms with van der Waals surface area (Å²) < 4.78 is 0. The first kappa shape index (κ1) is 43.3. The van der Waals surface area contributed by atoms with Crippen molar-refractivity contribution in [1.29, 1.82) is 0 Å². The van der Waals surface area contributed by atoms with Gasteiger partial charge in [0.1, 0.15) is 0 Å². The number of anilines is 3. The molecule has 356 valence electrons. The number of hydrogen-bond donors (Lipinski definition) is 0. The number of hydrogen-bond acceptors (Lipinski definition) is 1. The normalized spacial score (nSPS) is 11.9. The van der Waals surface area contributed by atoms with Gasteiger partial charge in [0.05, 0.1) is 5.69 Å². The molecule has 0 saturated heterocycles. The fourth-order valence-electron chi connectivity index (χ4n) is 12.5. The van der Waals surface area contributed by atoms with E-state index in [1.54, 1.807) is 0 Å². The maximum absolute atomic E-state index is 2.49. The minimum atomic E-state index is 1.09. The van der Waals surface area contributed by atoms with Crippen LogP contribution in [-0.2, 0) is 0 Å². The summed E-state index contributed by atoms with van der Waals surface area (Å²) >= 11 is 0. The van der Waals surface area contributed by atoms with Crippen molar-refractivity contribution in [3.63, 3.8) is 0 Å². The fourth-order valence-corrected chi connectivity index (χ4v) is 12.5. The van der Waals surface area contributed by atoms with Crippen LogP contribution in [0, 0.1) is 0 Å². The summed E-state index contributed by atoms with van der Waals surface area (Å²) in [7, 11) is 0. The summed E-state index contributed by atoms with van der Waals surface area (Å²) in [6.45, 7) is 0. The molecule has 2 aliphatic rings. The molecule has 1 nitrogen and oxygen atoms in total. The summed E-state index contributed by atoms with van der Waals surface area (Å²) in [5, 5.41) is 10.0. The molecule has 0 N–H and O–H groups in total. The first-order valence-electron chi connectivity index (χ1n) is 26.7. The standard InChI is InChI=1S/C76H47N/c1-5-14-48(15-6-1)53-24-27-56-40-68-69-42-58-29-26-55(38-62(58)46-73(69)72(68)44-60(56)36-53)50-30-33-64(34-31-50)77(76-66(51-18-9-3-10-19-51)22-13-23-67(76)52-20-11-4-12-21-52)65-35-32-59-43-71-70-41-57-28-25-54(49-16-7-2-8-17-49)37-61(57)45-74(70)75(71)47-63(59)39-65/h1-47H. The summed E-state index contributed by atoms with van der Waals surface area (Å²) in [6, 6.07) is 106. The van der Waals surface area contributed by atoms with E-state index in [4.69, 9.17) is 0 Å². The lowest BCUT2D eigenvalue weighted by molar-refractivity contribution is 1.29. The molecule has 2 aliphatic carbocycles. The van der Waals surface area contributed by atoms with Crippen LogP contribution in [0.4, 0.5) is 17.1 Å². The van der Waals surface area contributed by atoms with Crippen LogP contribution < -0.4 is 4.90 Å². The van der Waals surface area contributed by atoms with Crippen LogP contribution in [0.5, 0.6) is 0 Å². The van der Waals surface area contributed by atoms with E-state index in [9.17, 15) is 0 Å². The van der Waals surface area contributed by atoms with Crippen LogP contribution in [0.25, 0.3) is 143 Å². The van der Waals surface area contributed by atoms with Gasteiger partial charge in [-0.25, -0.2) is 0 Å². The highest BCUT2D eigenvalue weighted by Crippen LogP contribution is 2.54. The van der Waals surface area contributed by atoms with Gasteiger partial charge in [-0.2, -0.15) is 0 Å². The van der Waals surface area contributed by atoms with Gasteiger partial charge in [-0.3, -0.25) is 0 Å². The number of fused-ring (bicyclic) bond motifs is 12. The number of benzene rings is 14. The Bertz CT molecular complexity index is 4630. The molecule has 0 spiro atoms. The second-order valence-electron chi connectivity index (χ2n) is 20.9. The lowest BCUT2D eigenvalue weighted by atomic mass is 9.77. The summed E-state index contributed by atoms with van der Waals surface area (Å²) in [5.41, 5.74) is 25.9. The molecule has 16 rings (SSSR count). The molecule has 1 heteroatoms. The van der Waals surface area contributed by atoms with Crippen molar-refractivity contribution in [2.75, 3.05) is 4.90 Å². The Morgan fingerprint density at radius 2 is 0.442 bits per heavy atom. The van der Waals surface area contributed by atoms with Crippen LogP contribution in [0.2, 0.25) is 0 Å². The van der Waals surface area contributed by atoms with E-state index in [2.05, 4.69) is 290 Å². The molecule has 0 atom stereocenters. The SMILES string of the molecule is c1ccc(-c2ccc3cc4c(cc3c2)-c2cc3cc(-c5ccc(N(c6ccc7cc8c(cc7c6)-c6cc7cc(-c9ccccc9)ccc7cc6-8)c6c(-c7ccccc7)cccc6-c6ccccc6)cc5)ccc3cc2-4)cc1. The smallest absolute Gasteiger partial charge is 0.0618 e. The molecule has 14 aromatic carbocycles. The van der Waals surface area contributed by atoms with Gasteiger partial charge in [0, 0.05) is 22.5 Å². The minimum Gasteiger partial charge on any atom is -0.309 e. The number of para-hydroxylation sites is 1. The van der Waals surface area contributed by atoms with Crippen molar-refractivity contribution in [2.45, 2.75) is 0 Å². The summed E-state index contributed by atoms with van der Waals surface area (Å²) in [4.78, 5) is 2.49. The average Bonchev–Trinajstić information content (AvgIpc) is 3.52. The summed E-state index contributed by atoms with van der Waals surface area (Å²) in [6.07, 6.45) is 0. The Balaban J connectivity index is 0.800. The van der Waals surface area contributed by atoms with Crippen molar-refractivity contribution in [3.05, 3.63) is 285 Å². The highest BCUT2D eigenvalue weighted by molar-refractivity contribution is 6.14. The quantitative estimate of drug-likeness (QED) is 0.147. The van der Waals surface area contributed by atoms with Crippen LogP contribution >= 0.6 is 0 Å². The molecule has 0 aromatic heterocycles. The van der Waals surface area contributed by atoms with Crippen LogP contribution in [0.3, 0.4) is 0 Å². The Morgan fingerprint density at radius 1 is 0.156 bits per heavy atom. The number of rotatable bonds is 8. The van der Waals surface area contributed by atoms with Gasteiger partial charge >= 0.3 is 0 Å². The van der Waals surface area contributed by atoms with E-state index in [-0.39, 0.29) is 0 Å². The van der Waals surface area contributed by atoms with Crippen molar-refractivity contribution < 1.29 is 0 Å².